The number of aryl methyl sites for hydroxylation is 1. The second kappa shape index (κ2) is 9.38. The molecule has 6 nitrogen and oxygen atoms in total. The first-order valence-corrected chi connectivity index (χ1v) is 10.8. The molecular weight excluding hydrogens is 590 g/mol. The van der Waals surface area contributed by atoms with Crippen molar-refractivity contribution in [1.29, 1.82) is 0 Å². The van der Waals surface area contributed by atoms with Crippen LogP contribution >= 0.6 is 45.2 Å². The maximum Gasteiger partial charge on any atom is 0.231 e. The highest BCUT2D eigenvalue weighted by Crippen LogP contribution is 2.43. The fraction of sp³-hybridized carbons (Fsp3) is 0.350. The van der Waals surface area contributed by atoms with Gasteiger partial charge in [0.15, 0.2) is 28.8 Å². The highest BCUT2D eigenvalue weighted by Gasteiger charge is 2.21. The molecule has 0 aromatic heterocycles. The first-order valence-electron chi connectivity index (χ1n) is 8.59. The van der Waals surface area contributed by atoms with Crippen molar-refractivity contribution in [3.63, 3.8) is 0 Å². The summed E-state index contributed by atoms with van der Waals surface area (Å²) in [5, 5.41) is 0. The topological polar surface area (TPSA) is 63.2 Å². The summed E-state index contributed by atoms with van der Waals surface area (Å²) >= 11 is 4.40. The quantitative estimate of drug-likeness (QED) is 0.315. The molecule has 1 aliphatic rings. The van der Waals surface area contributed by atoms with Crippen LogP contribution in [0.3, 0.4) is 0 Å². The zero-order valence-electron chi connectivity index (χ0n) is 15.8. The van der Waals surface area contributed by atoms with Crippen molar-refractivity contribution < 1.29 is 28.5 Å². The Morgan fingerprint density at radius 2 is 1.68 bits per heavy atom. The molecule has 0 amide bonds. The van der Waals surface area contributed by atoms with Crippen molar-refractivity contribution in [3.05, 3.63) is 36.5 Å². The summed E-state index contributed by atoms with van der Waals surface area (Å²) in [7, 11) is 4.79. The van der Waals surface area contributed by atoms with Gasteiger partial charge in [0.05, 0.1) is 24.9 Å². The fourth-order valence-corrected chi connectivity index (χ4v) is 4.69. The molecule has 0 aliphatic carbocycles. The number of hydrogen-bond acceptors (Lipinski definition) is 6. The van der Waals surface area contributed by atoms with E-state index in [-0.39, 0.29) is 12.6 Å². The first-order chi connectivity index (χ1) is 13.5. The van der Waals surface area contributed by atoms with E-state index in [0.717, 1.165) is 19.1 Å². The van der Waals surface area contributed by atoms with Gasteiger partial charge in [-0.2, -0.15) is 0 Å². The van der Waals surface area contributed by atoms with Crippen molar-refractivity contribution in [1.82, 2.24) is 0 Å². The van der Waals surface area contributed by atoms with E-state index in [1.807, 2.05) is 12.1 Å². The van der Waals surface area contributed by atoms with Crippen LogP contribution in [0.4, 0.5) is 0 Å². The number of halogens is 2. The molecule has 1 heterocycles. The SMILES string of the molecule is COc1cc(CCCC(=O)c2cc3c(cc2I)OCO3)c(I)c(OC)c1OC. The average Bonchev–Trinajstić information content (AvgIpc) is 3.14. The van der Waals surface area contributed by atoms with E-state index in [9.17, 15) is 4.79 Å². The minimum Gasteiger partial charge on any atom is -0.493 e. The van der Waals surface area contributed by atoms with E-state index in [2.05, 4.69) is 45.2 Å². The van der Waals surface area contributed by atoms with Gasteiger partial charge in [-0.25, -0.2) is 0 Å². The standard InChI is InChI=1S/C20H20I2O6/c1-24-17-7-11(18(22)20(26-3)19(17)25-2)5-4-6-14(23)12-8-15-16(9-13(12)21)28-10-27-15/h7-9H,4-6,10H2,1-3H3. The lowest BCUT2D eigenvalue weighted by Gasteiger charge is -2.16. The van der Waals surface area contributed by atoms with Gasteiger partial charge in [-0.15, -0.1) is 0 Å². The molecule has 2 aromatic carbocycles. The van der Waals surface area contributed by atoms with Crippen LogP contribution in [0, 0.1) is 7.14 Å². The van der Waals surface area contributed by atoms with Crippen LogP contribution in [0.25, 0.3) is 0 Å². The Bertz CT molecular complexity index is 897. The van der Waals surface area contributed by atoms with E-state index in [1.165, 1.54) is 0 Å². The Morgan fingerprint density at radius 3 is 2.32 bits per heavy atom. The lowest BCUT2D eigenvalue weighted by atomic mass is 10.0. The Balaban J connectivity index is 1.72. The first kappa shape index (κ1) is 21.3. The molecule has 2 aromatic rings. The average molecular weight is 610 g/mol. The number of methoxy groups -OCH3 is 3. The highest BCUT2D eigenvalue weighted by molar-refractivity contribution is 14.1. The number of ketones is 1. The largest absolute Gasteiger partial charge is 0.493 e. The van der Waals surface area contributed by atoms with E-state index in [1.54, 1.807) is 27.4 Å². The predicted molar refractivity (Wildman–Crippen MR) is 121 cm³/mol. The number of rotatable bonds is 8. The molecule has 0 saturated heterocycles. The van der Waals surface area contributed by atoms with E-state index in [0.29, 0.717) is 47.2 Å². The van der Waals surface area contributed by atoms with Gasteiger partial charge >= 0.3 is 0 Å². The molecule has 0 fully saturated rings. The summed E-state index contributed by atoms with van der Waals surface area (Å²) in [5.74, 6) is 3.24. The predicted octanol–water partition coefficient (Wildman–Crippen LogP) is 4.86. The number of benzene rings is 2. The summed E-state index contributed by atoms with van der Waals surface area (Å²) in [6.07, 6.45) is 1.86. The number of hydrogen-bond donors (Lipinski definition) is 0. The van der Waals surface area contributed by atoms with Gasteiger partial charge in [0.1, 0.15) is 0 Å². The van der Waals surface area contributed by atoms with Crippen LogP contribution in [-0.4, -0.2) is 33.9 Å². The molecule has 0 radical (unpaired) electrons. The molecule has 0 N–H and O–H groups in total. The summed E-state index contributed by atoms with van der Waals surface area (Å²) in [5.41, 5.74) is 1.73. The Hall–Kier alpha value is -1.43. The van der Waals surface area contributed by atoms with Crippen molar-refractivity contribution in [2.24, 2.45) is 0 Å². The monoisotopic (exact) mass is 610 g/mol. The van der Waals surface area contributed by atoms with Crippen molar-refractivity contribution >= 4 is 51.0 Å². The lowest BCUT2D eigenvalue weighted by molar-refractivity contribution is 0.0979. The molecule has 0 unspecified atom stereocenters. The summed E-state index contributed by atoms with van der Waals surface area (Å²) in [6, 6.07) is 5.56. The maximum absolute atomic E-state index is 12.7. The normalized spacial score (nSPS) is 12.0. The summed E-state index contributed by atoms with van der Waals surface area (Å²) in [6.45, 7) is 0.197. The zero-order valence-corrected chi connectivity index (χ0v) is 20.1. The molecule has 8 heteroatoms. The molecule has 0 atom stereocenters. The van der Waals surface area contributed by atoms with Gasteiger partial charge in [0.2, 0.25) is 12.5 Å². The second-order valence-corrected chi connectivity index (χ2v) is 8.32. The van der Waals surface area contributed by atoms with Crippen LogP contribution in [-0.2, 0) is 6.42 Å². The second-order valence-electron chi connectivity index (χ2n) is 6.08. The number of Topliss-reactive ketones (excluding diaryl/α,β-unsaturated/α-hetero) is 1. The maximum atomic E-state index is 12.7. The molecule has 0 spiro atoms. The van der Waals surface area contributed by atoms with Crippen molar-refractivity contribution in [2.75, 3.05) is 28.1 Å². The van der Waals surface area contributed by atoms with Gasteiger partial charge in [0, 0.05) is 15.6 Å². The van der Waals surface area contributed by atoms with Gasteiger partial charge in [-0.05, 0) is 81.8 Å². The van der Waals surface area contributed by atoms with Crippen LogP contribution in [0.2, 0.25) is 0 Å². The van der Waals surface area contributed by atoms with E-state index in [4.69, 9.17) is 23.7 Å². The third-order valence-corrected chi connectivity index (χ3v) is 6.53. The molecule has 1 aliphatic heterocycles. The number of ether oxygens (including phenoxy) is 5. The third kappa shape index (κ3) is 4.27. The van der Waals surface area contributed by atoms with Gasteiger partial charge < -0.3 is 23.7 Å². The molecular formula is C20H20I2O6. The number of carbonyl (C=O) groups is 1. The highest BCUT2D eigenvalue weighted by atomic mass is 127. The van der Waals surface area contributed by atoms with Gasteiger partial charge in [-0.3, -0.25) is 4.79 Å². The van der Waals surface area contributed by atoms with Crippen LogP contribution in [0.15, 0.2) is 18.2 Å². The molecule has 150 valence electrons. The molecule has 0 saturated carbocycles. The van der Waals surface area contributed by atoms with Gasteiger partial charge in [-0.1, -0.05) is 0 Å². The zero-order chi connectivity index (χ0) is 20.3. The Labute approximate surface area is 191 Å². The van der Waals surface area contributed by atoms with Crippen LogP contribution in [0.1, 0.15) is 28.8 Å². The molecule has 0 bridgehead atoms. The summed E-state index contributed by atoms with van der Waals surface area (Å²) in [4.78, 5) is 12.7. The Kier molecular flexibility index (Phi) is 7.13. The fourth-order valence-electron chi connectivity index (χ4n) is 3.06. The van der Waals surface area contributed by atoms with Gasteiger partial charge in [0.25, 0.3) is 0 Å². The molecule has 28 heavy (non-hydrogen) atoms. The van der Waals surface area contributed by atoms with Crippen molar-refractivity contribution in [3.8, 4) is 28.7 Å². The van der Waals surface area contributed by atoms with Crippen LogP contribution in [0.5, 0.6) is 28.7 Å². The minimum absolute atomic E-state index is 0.0881. The molecule has 3 rings (SSSR count). The third-order valence-electron chi connectivity index (χ3n) is 4.46. The Morgan fingerprint density at radius 1 is 1.00 bits per heavy atom. The summed E-state index contributed by atoms with van der Waals surface area (Å²) < 4.78 is 28.9. The smallest absolute Gasteiger partial charge is 0.231 e. The lowest BCUT2D eigenvalue weighted by Crippen LogP contribution is -2.04. The number of fused-ring (bicyclic) bond motifs is 1. The van der Waals surface area contributed by atoms with Crippen molar-refractivity contribution in [2.45, 2.75) is 19.3 Å². The van der Waals surface area contributed by atoms with E-state index < -0.39 is 0 Å². The minimum atomic E-state index is 0.0881. The van der Waals surface area contributed by atoms with E-state index >= 15 is 0 Å². The van der Waals surface area contributed by atoms with Crippen LogP contribution < -0.4 is 23.7 Å². The number of carbonyl (C=O) groups excluding carboxylic acids is 1.